The van der Waals surface area contributed by atoms with Crippen molar-refractivity contribution in [2.24, 2.45) is 7.05 Å². The van der Waals surface area contributed by atoms with Crippen LogP contribution in [0.4, 0.5) is 0 Å². The Kier molecular flexibility index (Phi) is 3.29. The topological polar surface area (TPSA) is 60.3 Å². The number of benzene rings is 1. The zero-order valence-electron chi connectivity index (χ0n) is 11.4. The molecule has 0 bridgehead atoms. The summed E-state index contributed by atoms with van der Waals surface area (Å²) in [4.78, 5) is 23.0. The molecule has 5 nitrogen and oxygen atoms in total. The fourth-order valence-corrected chi connectivity index (χ4v) is 2.19. The monoisotopic (exact) mass is 260 g/mol. The van der Waals surface area contributed by atoms with Gasteiger partial charge < -0.3 is 14.6 Å². The van der Waals surface area contributed by atoms with E-state index in [-0.39, 0.29) is 11.9 Å². The number of hydrogen-bond acceptors (Lipinski definition) is 3. The maximum absolute atomic E-state index is 12.0. The van der Waals surface area contributed by atoms with Crippen molar-refractivity contribution in [1.29, 1.82) is 0 Å². The highest BCUT2D eigenvalue weighted by Gasteiger charge is 2.18. The van der Waals surface area contributed by atoms with Gasteiger partial charge in [-0.05, 0) is 25.1 Å². The molecule has 0 saturated heterocycles. The maximum atomic E-state index is 12.0. The third-order valence-corrected chi connectivity index (χ3v) is 3.18. The van der Waals surface area contributed by atoms with Crippen LogP contribution in [0.3, 0.4) is 0 Å². The summed E-state index contributed by atoms with van der Waals surface area (Å²) < 4.78 is 7.00. The second kappa shape index (κ2) is 4.76. The number of carbonyl (C=O) groups is 2. The second-order valence-electron chi connectivity index (χ2n) is 4.37. The lowest BCUT2D eigenvalue weighted by atomic mass is 10.1. The van der Waals surface area contributed by atoms with Crippen LogP contribution in [0.25, 0.3) is 10.9 Å². The number of nitrogens with one attached hydrogen (secondary N) is 1. The van der Waals surface area contributed by atoms with E-state index < -0.39 is 0 Å². The SMILES string of the molecule is CNC(=O)c1c(C)n(C)c2ccc(OC(C)=O)cc12. The molecule has 0 fully saturated rings. The number of hydrogen-bond donors (Lipinski definition) is 1. The van der Waals surface area contributed by atoms with Crippen LogP contribution in [-0.4, -0.2) is 23.5 Å². The first-order chi connectivity index (χ1) is 8.95. The van der Waals surface area contributed by atoms with E-state index >= 15 is 0 Å². The number of amides is 1. The fourth-order valence-electron chi connectivity index (χ4n) is 2.19. The van der Waals surface area contributed by atoms with Crippen LogP contribution in [-0.2, 0) is 11.8 Å². The first-order valence-corrected chi connectivity index (χ1v) is 5.95. The number of fused-ring (bicyclic) bond motifs is 1. The lowest BCUT2D eigenvalue weighted by Gasteiger charge is -2.02. The van der Waals surface area contributed by atoms with Crippen molar-refractivity contribution in [3.63, 3.8) is 0 Å². The summed E-state index contributed by atoms with van der Waals surface area (Å²) in [6, 6.07) is 5.28. The van der Waals surface area contributed by atoms with E-state index in [2.05, 4.69) is 5.32 Å². The third-order valence-electron chi connectivity index (χ3n) is 3.18. The predicted octanol–water partition coefficient (Wildman–Crippen LogP) is 1.77. The number of ether oxygens (including phenoxy) is 1. The van der Waals surface area contributed by atoms with Crippen LogP contribution < -0.4 is 10.1 Å². The summed E-state index contributed by atoms with van der Waals surface area (Å²) in [5.74, 6) is -0.0904. The Bertz CT molecular complexity index is 671. The Balaban J connectivity index is 2.68. The van der Waals surface area contributed by atoms with E-state index in [0.717, 1.165) is 16.6 Å². The Labute approximate surface area is 111 Å². The molecule has 100 valence electrons. The molecule has 0 saturated carbocycles. The highest BCUT2D eigenvalue weighted by Crippen LogP contribution is 2.28. The van der Waals surface area contributed by atoms with Crippen LogP contribution >= 0.6 is 0 Å². The zero-order chi connectivity index (χ0) is 14.2. The number of esters is 1. The molecular formula is C14H16N2O3. The van der Waals surface area contributed by atoms with Crippen LogP contribution in [0.1, 0.15) is 23.0 Å². The molecule has 1 N–H and O–H groups in total. The summed E-state index contributed by atoms with van der Waals surface area (Å²) in [6.45, 7) is 3.23. The van der Waals surface area contributed by atoms with Gasteiger partial charge in [-0.3, -0.25) is 9.59 Å². The molecule has 1 aromatic heterocycles. The molecule has 1 aromatic carbocycles. The molecule has 0 atom stereocenters. The minimum absolute atomic E-state index is 0.150. The standard InChI is InChI=1S/C14H16N2O3/c1-8-13(14(18)15-3)11-7-10(19-9(2)17)5-6-12(11)16(8)4/h5-7H,1-4H3,(H,15,18). The van der Waals surface area contributed by atoms with E-state index in [0.29, 0.717) is 11.3 Å². The second-order valence-corrected chi connectivity index (χ2v) is 4.37. The average Bonchev–Trinajstić information content (AvgIpc) is 2.60. The van der Waals surface area contributed by atoms with Crippen molar-refractivity contribution in [2.75, 3.05) is 7.05 Å². The summed E-state index contributed by atoms with van der Waals surface area (Å²) in [5, 5.41) is 3.40. The van der Waals surface area contributed by atoms with Gasteiger partial charge in [-0.1, -0.05) is 0 Å². The highest BCUT2D eigenvalue weighted by atomic mass is 16.5. The zero-order valence-corrected chi connectivity index (χ0v) is 11.4. The van der Waals surface area contributed by atoms with E-state index in [4.69, 9.17) is 4.74 Å². The van der Waals surface area contributed by atoms with Gasteiger partial charge >= 0.3 is 5.97 Å². The van der Waals surface area contributed by atoms with E-state index in [9.17, 15) is 9.59 Å². The van der Waals surface area contributed by atoms with Gasteiger partial charge in [-0.25, -0.2) is 0 Å². The Morgan fingerprint density at radius 1 is 1.32 bits per heavy atom. The van der Waals surface area contributed by atoms with Crippen LogP contribution in [0.15, 0.2) is 18.2 Å². The van der Waals surface area contributed by atoms with Crippen LogP contribution in [0.5, 0.6) is 5.75 Å². The number of aryl methyl sites for hydroxylation is 1. The van der Waals surface area contributed by atoms with Gasteiger partial charge in [0.1, 0.15) is 5.75 Å². The molecule has 1 heterocycles. The molecule has 0 unspecified atom stereocenters. The fraction of sp³-hybridized carbons (Fsp3) is 0.286. The van der Waals surface area contributed by atoms with Crippen molar-refractivity contribution in [2.45, 2.75) is 13.8 Å². The first kappa shape index (κ1) is 13.1. The van der Waals surface area contributed by atoms with Crippen LogP contribution in [0.2, 0.25) is 0 Å². The quantitative estimate of drug-likeness (QED) is 0.661. The smallest absolute Gasteiger partial charge is 0.308 e. The van der Waals surface area contributed by atoms with Gasteiger partial charge in [0, 0.05) is 37.6 Å². The molecule has 2 aromatic rings. The van der Waals surface area contributed by atoms with Gasteiger partial charge in [0.2, 0.25) is 0 Å². The number of carbonyl (C=O) groups excluding carboxylic acids is 2. The lowest BCUT2D eigenvalue weighted by Crippen LogP contribution is -2.18. The van der Waals surface area contributed by atoms with Crippen molar-refractivity contribution in [3.8, 4) is 5.75 Å². The Morgan fingerprint density at radius 2 is 2.00 bits per heavy atom. The van der Waals surface area contributed by atoms with Gasteiger partial charge in [0.25, 0.3) is 5.91 Å². The molecule has 19 heavy (non-hydrogen) atoms. The molecule has 0 radical (unpaired) electrons. The summed E-state index contributed by atoms with van der Waals surface area (Å²) in [5.41, 5.74) is 2.40. The van der Waals surface area contributed by atoms with E-state index in [1.807, 2.05) is 24.6 Å². The molecule has 5 heteroatoms. The Morgan fingerprint density at radius 3 is 2.58 bits per heavy atom. The van der Waals surface area contributed by atoms with Crippen LogP contribution in [0, 0.1) is 6.92 Å². The summed E-state index contributed by atoms with van der Waals surface area (Å²) in [7, 11) is 3.49. The normalized spacial score (nSPS) is 10.5. The summed E-state index contributed by atoms with van der Waals surface area (Å²) in [6.07, 6.45) is 0. The molecule has 0 spiro atoms. The van der Waals surface area contributed by atoms with E-state index in [1.54, 1.807) is 19.2 Å². The minimum Gasteiger partial charge on any atom is -0.427 e. The van der Waals surface area contributed by atoms with Crippen molar-refractivity contribution >= 4 is 22.8 Å². The largest absolute Gasteiger partial charge is 0.427 e. The predicted molar refractivity (Wildman–Crippen MR) is 72.4 cm³/mol. The lowest BCUT2D eigenvalue weighted by molar-refractivity contribution is -0.131. The van der Waals surface area contributed by atoms with Gasteiger partial charge in [-0.15, -0.1) is 0 Å². The molecule has 0 aliphatic carbocycles. The summed E-state index contributed by atoms with van der Waals surface area (Å²) >= 11 is 0. The average molecular weight is 260 g/mol. The molecular weight excluding hydrogens is 244 g/mol. The van der Waals surface area contributed by atoms with Gasteiger partial charge in [0.05, 0.1) is 5.56 Å². The number of rotatable bonds is 2. The minimum atomic E-state index is -0.381. The molecule has 1 amide bonds. The van der Waals surface area contributed by atoms with Gasteiger partial charge in [0.15, 0.2) is 0 Å². The third kappa shape index (κ3) is 2.19. The van der Waals surface area contributed by atoms with Crippen molar-refractivity contribution < 1.29 is 14.3 Å². The van der Waals surface area contributed by atoms with Crippen molar-refractivity contribution in [3.05, 3.63) is 29.5 Å². The number of nitrogens with zero attached hydrogens (tertiary/aromatic N) is 1. The molecule has 2 rings (SSSR count). The highest BCUT2D eigenvalue weighted by molar-refractivity contribution is 6.08. The maximum Gasteiger partial charge on any atom is 0.308 e. The number of aromatic nitrogens is 1. The van der Waals surface area contributed by atoms with Crippen molar-refractivity contribution in [1.82, 2.24) is 9.88 Å². The first-order valence-electron chi connectivity index (χ1n) is 5.95. The van der Waals surface area contributed by atoms with E-state index in [1.165, 1.54) is 6.92 Å². The molecule has 0 aliphatic heterocycles. The Hall–Kier alpha value is -2.30. The molecule has 0 aliphatic rings. The van der Waals surface area contributed by atoms with Gasteiger partial charge in [-0.2, -0.15) is 0 Å².